The zero-order chi connectivity index (χ0) is 16.5. The molecule has 0 bridgehead atoms. The number of ether oxygens (including phenoxy) is 2. The number of methoxy groups -OCH3 is 1. The smallest absolute Gasteiger partial charge is 0.184 e. The maximum absolute atomic E-state index is 5.86. The molecule has 1 aliphatic heterocycles. The summed E-state index contributed by atoms with van der Waals surface area (Å²) in [6, 6.07) is 5.65. The SMILES string of the molecule is COc1cc(C=NNC(N)=S)ccc1OCCN1CCCCC1. The maximum atomic E-state index is 5.86. The molecule has 1 saturated heterocycles. The van der Waals surface area contributed by atoms with Crippen LogP contribution in [-0.2, 0) is 0 Å². The third-order valence-corrected chi connectivity index (χ3v) is 3.78. The van der Waals surface area contributed by atoms with E-state index < -0.39 is 0 Å². The van der Waals surface area contributed by atoms with Crippen molar-refractivity contribution in [1.29, 1.82) is 0 Å². The summed E-state index contributed by atoms with van der Waals surface area (Å²) < 4.78 is 11.2. The van der Waals surface area contributed by atoms with Crippen molar-refractivity contribution in [1.82, 2.24) is 10.3 Å². The number of piperidine rings is 1. The van der Waals surface area contributed by atoms with Crippen molar-refractivity contribution >= 4 is 23.5 Å². The van der Waals surface area contributed by atoms with Crippen molar-refractivity contribution in [2.24, 2.45) is 10.8 Å². The van der Waals surface area contributed by atoms with E-state index >= 15 is 0 Å². The van der Waals surface area contributed by atoms with Crippen LogP contribution in [0.3, 0.4) is 0 Å². The Kier molecular flexibility index (Phi) is 7.09. The number of hydrogen-bond acceptors (Lipinski definition) is 5. The lowest BCUT2D eigenvalue weighted by molar-refractivity contribution is 0.180. The second-order valence-electron chi connectivity index (χ2n) is 5.40. The highest BCUT2D eigenvalue weighted by Gasteiger charge is 2.10. The van der Waals surface area contributed by atoms with E-state index in [-0.39, 0.29) is 5.11 Å². The zero-order valence-electron chi connectivity index (χ0n) is 13.5. The molecule has 7 heteroatoms. The number of hydrazone groups is 1. The second-order valence-corrected chi connectivity index (χ2v) is 5.84. The lowest BCUT2D eigenvalue weighted by atomic mass is 10.1. The van der Waals surface area contributed by atoms with E-state index in [4.69, 9.17) is 15.2 Å². The summed E-state index contributed by atoms with van der Waals surface area (Å²) in [7, 11) is 1.63. The Morgan fingerprint density at radius 2 is 2.13 bits per heavy atom. The van der Waals surface area contributed by atoms with E-state index in [1.54, 1.807) is 13.3 Å². The Balaban J connectivity index is 1.88. The molecule has 23 heavy (non-hydrogen) atoms. The molecule has 1 fully saturated rings. The van der Waals surface area contributed by atoms with Crippen LogP contribution in [0.25, 0.3) is 0 Å². The minimum atomic E-state index is 0.130. The summed E-state index contributed by atoms with van der Waals surface area (Å²) in [6.07, 6.45) is 5.55. The fourth-order valence-electron chi connectivity index (χ4n) is 2.52. The molecule has 0 saturated carbocycles. The highest BCUT2D eigenvalue weighted by Crippen LogP contribution is 2.27. The van der Waals surface area contributed by atoms with Gasteiger partial charge in [0, 0.05) is 6.54 Å². The lowest BCUT2D eigenvalue weighted by Gasteiger charge is -2.26. The summed E-state index contributed by atoms with van der Waals surface area (Å²) in [4.78, 5) is 2.44. The van der Waals surface area contributed by atoms with Gasteiger partial charge >= 0.3 is 0 Å². The quantitative estimate of drug-likeness (QED) is 0.449. The average molecular weight is 336 g/mol. The highest BCUT2D eigenvalue weighted by atomic mass is 32.1. The van der Waals surface area contributed by atoms with Crippen LogP contribution in [0, 0.1) is 0 Å². The van der Waals surface area contributed by atoms with Gasteiger partial charge in [-0.3, -0.25) is 10.3 Å². The average Bonchev–Trinajstić information content (AvgIpc) is 2.56. The number of thiocarbonyl (C=S) groups is 1. The maximum Gasteiger partial charge on any atom is 0.184 e. The predicted molar refractivity (Wildman–Crippen MR) is 96.3 cm³/mol. The summed E-state index contributed by atoms with van der Waals surface area (Å²) in [5, 5.41) is 4.06. The summed E-state index contributed by atoms with van der Waals surface area (Å²) in [5.41, 5.74) is 8.70. The first-order valence-electron chi connectivity index (χ1n) is 7.81. The molecule has 3 N–H and O–H groups in total. The molecular formula is C16H24N4O2S. The van der Waals surface area contributed by atoms with Gasteiger partial charge in [-0.05, 0) is 61.9 Å². The van der Waals surface area contributed by atoms with Gasteiger partial charge in [0.1, 0.15) is 6.61 Å². The van der Waals surface area contributed by atoms with E-state index in [2.05, 4.69) is 27.6 Å². The molecule has 0 spiro atoms. The van der Waals surface area contributed by atoms with E-state index in [0.717, 1.165) is 17.9 Å². The van der Waals surface area contributed by atoms with Gasteiger partial charge in [0.25, 0.3) is 0 Å². The molecule has 0 amide bonds. The fraction of sp³-hybridized carbons (Fsp3) is 0.500. The van der Waals surface area contributed by atoms with Crippen LogP contribution in [0.5, 0.6) is 11.5 Å². The van der Waals surface area contributed by atoms with Crippen LogP contribution in [0.4, 0.5) is 0 Å². The number of likely N-dealkylation sites (tertiary alicyclic amines) is 1. The molecule has 2 rings (SSSR count). The molecule has 1 aliphatic rings. The van der Waals surface area contributed by atoms with Crippen LogP contribution in [0.15, 0.2) is 23.3 Å². The number of nitrogens with one attached hydrogen (secondary N) is 1. The van der Waals surface area contributed by atoms with Crippen LogP contribution < -0.4 is 20.6 Å². The minimum Gasteiger partial charge on any atom is -0.493 e. The number of benzene rings is 1. The first kappa shape index (κ1) is 17.5. The van der Waals surface area contributed by atoms with Gasteiger partial charge in [0.15, 0.2) is 16.6 Å². The van der Waals surface area contributed by atoms with Crippen molar-refractivity contribution in [3.8, 4) is 11.5 Å². The number of rotatable bonds is 7. The molecular weight excluding hydrogens is 312 g/mol. The Bertz CT molecular complexity index is 545. The minimum absolute atomic E-state index is 0.130. The zero-order valence-corrected chi connectivity index (χ0v) is 14.3. The second kappa shape index (κ2) is 9.32. The first-order chi connectivity index (χ1) is 11.2. The number of hydrogen-bond donors (Lipinski definition) is 2. The van der Waals surface area contributed by atoms with Crippen molar-refractivity contribution in [3.05, 3.63) is 23.8 Å². The van der Waals surface area contributed by atoms with Crippen molar-refractivity contribution in [2.45, 2.75) is 19.3 Å². The number of nitrogens with two attached hydrogens (primary N) is 1. The number of nitrogens with zero attached hydrogens (tertiary/aromatic N) is 2. The van der Waals surface area contributed by atoms with Crippen LogP contribution in [0.2, 0.25) is 0 Å². The van der Waals surface area contributed by atoms with Gasteiger partial charge in [-0.1, -0.05) is 6.42 Å². The Labute approximate surface area is 142 Å². The molecule has 6 nitrogen and oxygen atoms in total. The molecule has 1 aromatic rings. The molecule has 1 heterocycles. The molecule has 1 aromatic carbocycles. The van der Waals surface area contributed by atoms with E-state index in [1.807, 2.05) is 18.2 Å². The topological polar surface area (TPSA) is 72.1 Å². The largest absolute Gasteiger partial charge is 0.493 e. The van der Waals surface area contributed by atoms with Crippen LogP contribution in [-0.4, -0.2) is 49.6 Å². The third-order valence-electron chi connectivity index (χ3n) is 3.69. The first-order valence-corrected chi connectivity index (χ1v) is 8.21. The molecule has 0 atom stereocenters. The third kappa shape index (κ3) is 6.03. The highest BCUT2D eigenvalue weighted by molar-refractivity contribution is 7.80. The predicted octanol–water partition coefficient (Wildman–Crippen LogP) is 1.73. The molecule has 126 valence electrons. The van der Waals surface area contributed by atoms with Gasteiger partial charge < -0.3 is 15.2 Å². The van der Waals surface area contributed by atoms with Crippen molar-refractivity contribution in [3.63, 3.8) is 0 Å². The molecule has 0 radical (unpaired) electrons. The van der Waals surface area contributed by atoms with E-state index in [1.165, 1.54) is 32.4 Å². The molecule has 0 unspecified atom stereocenters. The van der Waals surface area contributed by atoms with Crippen LogP contribution in [0.1, 0.15) is 24.8 Å². The van der Waals surface area contributed by atoms with E-state index in [9.17, 15) is 0 Å². The lowest BCUT2D eigenvalue weighted by Crippen LogP contribution is -2.33. The molecule has 0 aliphatic carbocycles. The van der Waals surface area contributed by atoms with Gasteiger partial charge in [-0.2, -0.15) is 5.10 Å². The van der Waals surface area contributed by atoms with Gasteiger partial charge in [0.2, 0.25) is 0 Å². The summed E-state index contributed by atoms with van der Waals surface area (Å²) in [5.74, 6) is 1.42. The van der Waals surface area contributed by atoms with Crippen molar-refractivity contribution in [2.75, 3.05) is 33.4 Å². The monoisotopic (exact) mass is 336 g/mol. The van der Waals surface area contributed by atoms with E-state index in [0.29, 0.717) is 12.4 Å². The molecule has 0 aromatic heterocycles. The Morgan fingerprint density at radius 1 is 1.35 bits per heavy atom. The van der Waals surface area contributed by atoms with Gasteiger partial charge in [-0.15, -0.1) is 0 Å². The van der Waals surface area contributed by atoms with Crippen molar-refractivity contribution < 1.29 is 9.47 Å². The Hall–Kier alpha value is -1.86. The Morgan fingerprint density at radius 3 is 2.83 bits per heavy atom. The normalized spacial score (nSPS) is 15.5. The van der Waals surface area contributed by atoms with Gasteiger partial charge in [-0.25, -0.2) is 0 Å². The van der Waals surface area contributed by atoms with Crippen LogP contribution >= 0.6 is 12.2 Å². The summed E-state index contributed by atoms with van der Waals surface area (Å²) in [6.45, 7) is 3.95. The fourth-order valence-corrected chi connectivity index (χ4v) is 2.57. The standard InChI is InChI=1S/C16H24N4O2S/c1-21-15-11-13(12-18-19-16(17)23)5-6-14(15)22-10-9-20-7-3-2-4-8-20/h5-6,11-12H,2-4,7-10H2,1H3,(H3,17,19,23). The summed E-state index contributed by atoms with van der Waals surface area (Å²) >= 11 is 4.69. The van der Waals surface area contributed by atoms with Gasteiger partial charge in [0.05, 0.1) is 13.3 Å².